The van der Waals surface area contributed by atoms with Crippen LogP contribution in [0.1, 0.15) is 11.1 Å². The highest BCUT2D eigenvalue weighted by Crippen LogP contribution is 2.41. The fourth-order valence-corrected chi connectivity index (χ4v) is 3.03. The zero-order valence-corrected chi connectivity index (χ0v) is 16.3. The normalized spacial score (nSPS) is 10.7. The van der Waals surface area contributed by atoms with Gasteiger partial charge in [0, 0.05) is 11.1 Å². The number of aryl methyl sites for hydroxylation is 2. The van der Waals surface area contributed by atoms with Gasteiger partial charge in [0.2, 0.25) is 0 Å². The molecule has 0 saturated carbocycles. The van der Waals surface area contributed by atoms with Gasteiger partial charge in [-0.05, 0) is 37.1 Å². The molecule has 0 amide bonds. The zero-order chi connectivity index (χ0) is 19.9. The Balaban J connectivity index is 2.15. The van der Waals surface area contributed by atoms with Gasteiger partial charge in [-0.25, -0.2) is 0 Å². The average molecular weight is 378 g/mol. The summed E-state index contributed by atoms with van der Waals surface area (Å²) in [5, 5.41) is 18.5. The molecule has 4 nitrogen and oxygen atoms in total. The third kappa shape index (κ3) is 4.71. The lowest BCUT2D eigenvalue weighted by Gasteiger charge is -2.18. The number of hydrogen-bond donors (Lipinski definition) is 2. The Kier molecular flexibility index (Phi) is 6.69. The Morgan fingerprint density at radius 3 is 1.29 bits per heavy atom. The molecule has 0 unspecified atom stereocenters. The predicted molar refractivity (Wildman–Crippen MR) is 112 cm³/mol. The molecule has 2 N–H and O–H groups in total. The van der Waals surface area contributed by atoms with Crippen molar-refractivity contribution in [1.82, 2.24) is 0 Å². The molecule has 3 rings (SSSR count). The fraction of sp³-hybridized carbons (Fsp3) is 0.250. The highest BCUT2D eigenvalue weighted by molar-refractivity contribution is 5.81. The maximum Gasteiger partial charge on any atom is 0.128 e. The molecule has 28 heavy (non-hydrogen) atoms. The molecule has 0 aliphatic heterocycles. The minimum Gasteiger partial charge on any atom is -0.491 e. The SMILES string of the molecule is Cc1ccc(-c2cc(OCCO)c(-c3ccc(C)cc3)cc2OCCO)cc1. The van der Waals surface area contributed by atoms with Crippen LogP contribution in [0.15, 0.2) is 60.7 Å². The first-order valence-corrected chi connectivity index (χ1v) is 9.42. The van der Waals surface area contributed by atoms with E-state index in [-0.39, 0.29) is 26.4 Å². The summed E-state index contributed by atoms with van der Waals surface area (Å²) >= 11 is 0. The third-order valence-corrected chi connectivity index (χ3v) is 4.50. The first-order valence-electron chi connectivity index (χ1n) is 9.42. The Morgan fingerprint density at radius 1 is 0.607 bits per heavy atom. The van der Waals surface area contributed by atoms with Gasteiger partial charge in [0.05, 0.1) is 13.2 Å². The Hall–Kier alpha value is -2.82. The van der Waals surface area contributed by atoms with Gasteiger partial charge in [-0.2, -0.15) is 0 Å². The molecule has 0 saturated heterocycles. The summed E-state index contributed by atoms with van der Waals surface area (Å²) in [6, 6.07) is 20.2. The van der Waals surface area contributed by atoms with E-state index < -0.39 is 0 Å². The third-order valence-electron chi connectivity index (χ3n) is 4.50. The van der Waals surface area contributed by atoms with Crippen LogP contribution in [0.4, 0.5) is 0 Å². The lowest BCUT2D eigenvalue weighted by molar-refractivity contribution is 0.199. The van der Waals surface area contributed by atoms with Crippen LogP contribution < -0.4 is 9.47 Å². The van der Waals surface area contributed by atoms with E-state index in [0.29, 0.717) is 11.5 Å². The van der Waals surface area contributed by atoms with E-state index in [9.17, 15) is 10.2 Å². The Bertz CT molecular complexity index is 822. The molecule has 0 fully saturated rings. The topological polar surface area (TPSA) is 58.9 Å². The van der Waals surface area contributed by atoms with Crippen LogP contribution in [0.3, 0.4) is 0 Å². The number of aliphatic hydroxyl groups is 2. The highest BCUT2D eigenvalue weighted by atomic mass is 16.5. The minimum absolute atomic E-state index is 0.0596. The molecule has 0 spiro atoms. The van der Waals surface area contributed by atoms with E-state index in [1.807, 2.05) is 74.5 Å². The van der Waals surface area contributed by atoms with Crippen molar-refractivity contribution in [3.63, 3.8) is 0 Å². The van der Waals surface area contributed by atoms with Gasteiger partial charge in [-0.15, -0.1) is 0 Å². The summed E-state index contributed by atoms with van der Waals surface area (Å²) in [5.74, 6) is 1.37. The van der Waals surface area contributed by atoms with Gasteiger partial charge in [0.25, 0.3) is 0 Å². The van der Waals surface area contributed by atoms with E-state index in [2.05, 4.69) is 0 Å². The number of benzene rings is 3. The first kappa shape index (κ1) is 19.9. The van der Waals surface area contributed by atoms with Crippen LogP contribution >= 0.6 is 0 Å². The maximum atomic E-state index is 9.24. The molecule has 4 heteroatoms. The molecule has 3 aromatic rings. The number of hydrogen-bond acceptors (Lipinski definition) is 4. The lowest BCUT2D eigenvalue weighted by Crippen LogP contribution is -2.06. The summed E-state index contributed by atoms with van der Waals surface area (Å²) in [6.45, 7) is 4.39. The van der Waals surface area contributed by atoms with Crippen LogP contribution in [-0.4, -0.2) is 36.6 Å². The van der Waals surface area contributed by atoms with E-state index in [4.69, 9.17) is 9.47 Å². The largest absolute Gasteiger partial charge is 0.491 e. The molecule has 0 aromatic heterocycles. The van der Waals surface area contributed by atoms with Gasteiger partial charge in [0.1, 0.15) is 24.7 Å². The molecule has 0 radical (unpaired) electrons. The molecule has 146 valence electrons. The minimum atomic E-state index is -0.0596. The van der Waals surface area contributed by atoms with Crippen LogP contribution in [0.5, 0.6) is 11.5 Å². The second-order valence-electron chi connectivity index (χ2n) is 6.72. The van der Waals surface area contributed by atoms with Crippen molar-refractivity contribution in [2.24, 2.45) is 0 Å². The van der Waals surface area contributed by atoms with Crippen LogP contribution in [-0.2, 0) is 0 Å². The Morgan fingerprint density at radius 2 is 0.964 bits per heavy atom. The number of ether oxygens (including phenoxy) is 2. The summed E-state index contributed by atoms with van der Waals surface area (Å²) in [5.41, 5.74) is 6.13. The standard InChI is InChI=1S/C24H26O4/c1-17-3-7-19(8-4-17)21-15-24(28-14-12-26)22(16-23(21)27-13-11-25)20-9-5-18(2)6-10-20/h3-10,15-16,25-26H,11-14H2,1-2H3. The van der Waals surface area contributed by atoms with Crippen LogP contribution in [0, 0.1) is 13.8 Å². The van der Waals surface area contributed by atoms with Gasteiger partial charge in [-0.1, -0.05) is 59.7 Å². The quantitative estimate of drug-likeness (QED) is 0.611. The molecule has 3 aromatic carbocycles. The van der Waals surface area contributed by atoms with Gasteiger partial charge in [-0.3, -0.25) is 0 Å². The summed E-state index contributed by atoms with van der Waals surface area (Å²) in [6.07, 6.45) is 0. The van der Waals surface area contributed by atoms with Crippen molar-refractivity contribution < 1.29 is 19.7 Å². The summed E-state index contributed by atoms with van der Waals surface area (Å²) in [7, 11) is 0. The maximum absolute atomic E-state index is 9.24. The molecular formula is C24H26O4. The average Bonchev–Trinajstić information content (AvgIpc) is 2.72. The van der Waals surface area contributed by atoms with Gasteiger partial charge >= 0.3 is 0 Å². The van der Waals surface area contributed by atoms with Crippen LogP contribution in [0.25, 0.3) is 22.3 Å². The van der Waals surface area contributed by atoms with Crippen molar-refractivity contribution in [2.45, 2.75) is 13.8 Å². The van der Waals surface area contributed by atoms with Gasteiger partial charge in [0.15, 0.2) is 0 Å². The fourth-order valence-electron chi connectivity index (χ4n) is 3.03. The van der Waals surface area contributed by atoms with E-state index in [1.165, 1.54) is 11.1 Å². The Labute approximate surface area is 166 Å². The predicted octanol–water partition coefficient (Wildman–Crippen LogP) is 4.38. The molecule has 0 heterocycles. The number of rotatable bonds is 8. The second kappa shape index (κ2) is 9.40. The summed E-state index contributed by atoms with van der Waals surface area (Å²) in [4.78, 5) is 0. The second-order valence-corrected chi connectivity index (χ2v) is 6.72. The van der Waals surface area contributed by atoms with E-state index in [1.54, 1.807) is 0 Å². The van der Waals surface area contributed by atoms with Gasteiger partial charge < -0.3 is 19.7 Å². The monoisotopic (exact) mass is 378 g/mol. The number of aliphatic hydroxyl groups excluding tert-OH is 2. The van der Waals surface area contributed by atoms with Crippen molar-refractivity contribution in [1.29, 1.82) is 0 Å². The first-order chi connectivity index (χ1) is 13.6. The van der Waals surface area contributed by atoms with Crippen molar-refractivity contribution >= 4 is 0 Å². The van der Waals surface area contributed by atoms with Crippen molar-refractivity contribution in [3.8, 4) is 33.8 Å². The molecule has 0 atom stereocenters. The van der Waals surface area contributed by atoms with E-state index >= 15 is 0 Å². The van der Waals surface area contributed by atoms with Crippen molar-refractivity contribution in [2.75, 3.05) is 26.4 Å². The van der Waals surface area contributed by atoms with E-state index in [0.717, 1.165) is 22.3 Å². The zero-order valence-electron chi connectivity index (χ0n) is 16.3. The molecule has 0 aliphatic rings. The lowest BCUT2D eigenvalue weighted by atomic mass is 9.97. The van der Waals surface area contributed by atoms with Crippen LogP contribution in [0.2, 0.25) is 0 Å². The molecule has 0 bridgehead atoms. The highest BCUT2D eigenvalue weighted by Gasteiger charge is 2.15. The van der Waals surface area contributed by atoms with Crippen molar-refractivity contribution in [3.05, 3.63) is 71.8 Å². The summed E-state index contributed by atoms with van der Waals surface area (Å²) < 4.78 is 11.7. The molecule has 0 aliphatic carbocycles. The molecular weight excluding hydrogens is 352 g/mol. The smallest absolute Gasteiger partial charge is 0.128 e.